The molecule has 0 aromatic rings. The SMILES string of the molecule is F[B-](F)(F)C12CC(C1)C2.[K+]. The van der Waals surface area contributed by atoms with Gasteiger partial charge in [0.1, 0.15) is 0 Å². The van der Waals surface area contributed by atoms with Gasteiger partial charge in [-0.15, -0.1) is 0 Å². The Morgan fingerprint density at radius 3 is 1.50 bits per heavy atom. The van der Waals surface area contributed by atoms with Gasteiger partial charge in [-0.1, -0.05) is 24.6 Å². The molecule has 0 aliphatic heterocycles. The molecule has 10 heavy (non-hydrogen) atoms. The average molecular weight is 174 g/mol. The maximum atomic E-state index is 12.0. The third-order valence-electron chi connectivity index (χ3n) is 2.78. The Hall–Kier alpha value is 1.49. The third kappa shape index (κ3) is 1.05. The Morgan fingerprint density at radius 2 is 1.50 bits per heavy atom. The van der Waals surface area contributed by atoms with E-state index in [-0.39, 0.29) is 51.4 Å². The van der Waals surface area contributed by atoms with Crippen LogP contribution in [-0.2, 0) is 0 Å². The van der Waals surface area contributed by atoms with Crippen LogP contribution in [0.5, 0.6) is 0 Å². The molecule has 3 aliphatic carbocycles. The van der Waals surface area contributed by atoms with E-state index in [4.69, 9.17) is 0 Å². The minimum Gasteiger partial charge on any atom is -0.449 e. The molecular formula is C5H7BF3K. The largest absolute Gasteiger partial charge is 1.00 e. The van der Waals surface area contributed by atoms with Gasteiger partial charge in [-0.05, 0) is 5.92 Å². The summed E-state index contributed by atoms with van der Waals surface area (Å²) >= 11 is 0. The van der Waals surface area contributed by atoms with Crippen molar-refractivity contribution in [3.8, 4) is 0 Å². The maximum absolute atomic E-state index is 12.0. The molecule has 0 saturated heterocycles. The molecule has 0 spiro atoms. The molecule has 2 bridgehead atoms. The summed E-state index contributed by atoms with van der Waals surface area (Å²) in [7, 11) is 0. The van der Waals surface area contributed by atoms with Crippen molar-refractivity contribution in [2.75, 3.05) is 0 Å². The summed E-state index contributed by atoms with van der Waals surface area (Å²) in [6, 6.07) is 0. The van der Waals surface area contributed by atoms with Gasteiger partial charge in [0.2, 0.25) is 0 Å². The summed E-state index contributed by atoms with van der Waals surface area (Å²) in [5, 5.41) is -1.13. The van der Waals surface area contributed by atoms with Gasteiger partial charge in [0.25, 0.3) is 0 Å². The Morgan fingerprint density at radius 1 is 1.10 bits per heavy atom. The first-order valence-corrected chi connectivity index (χ1v) is 3.23. The summed E-state index contributed by atoms with van der Waals surface area (Å²) in [5.74, 6) is 0.438. The summed E-state index contributed by atoms with van der Waals surface area (Å²) in [5.41, 5.74) is 0. The smallest absolute Gasteiger partial charge is 0.449 e. The van der Waals surface area contributed by atoms with Crippen molar-refractivity contribution >= 4 is 6.98 Å². The van der Waals surface area contributed by atoms with Gasteiger partial charge in [0.15, 0.2) is 0 Å². The van der Waals surface area contributed by atoms with Gasteiger partial charge in [0.05, 0.1) is 0 Å². The van der Waals surface area contributed by atoms with E-state index < -0.39 is 12.3 Å². The Balaban J connectivity index is 0.000000500. The first-order chi connectivity index (χ1) is 4.04. The number of halogens is 3. The molecule has 0 aromatic carbocycles. The van der Waals surface area contributed by atoms with E-state index in [2.05, 4.69) is 0 Å². The fourth-order valence-corrected chi connectivity index (χ4v) is 1.95. The predicted octanol–water partition coefficient (Wildman–Crippen LogP) is -0.608. The molecule has 0 nitrogen and oxygen atoms in total. The van der Waals surface area contributed by atoms with Crippen molar-refractivity contribution in [3.05, 3.63) is 0 Å². The second-order valence-electron chi connectivity index (χ2n) is 3.42. The van der Waals surface area contributed by atoms with E-state index in [0.717, 1.165) is 0 Å². The molecule has 0 amide bonds. The van der Waals surface area contributed by atoms with Crippen LogP contribution in [0.15, 0.2) is 0 Å². The molecular weight excluding hydrogens is 167 g/mol. The fourth-order valence-electron chi connectivity index (χ4n) is 1.95. The van der Waals surface area contributed by atoms with Crippen LogP contribution in [0, 0.1) is 5.92 Å². The van der Waals surface area contributed by atoms with Crippen molar-refractivity contribution in [1.29, 1.82) is 0 Å². The van der Waals surface area contributed by atoms with Gasteiger partial charge in [0, 0.05) is 0 Å². The zero-order valence-corrected chi connectivity index (χ0v) is 9.03. The van der Waals surface area contributed by atoms with E-state index in [1.807, 2.05) is 0 Å². The molecule has 0 atom stereocenters. The van der Waals surface area contributed by atoms with E-state index in [1.165, 1.54) is 0 Å². The summed E-state index contributed by atoms with van der Waals surface area (Å²) in [4.78, 5) is 0. The van der Waals surface area contributed by atoms with Gasteiger partial charge in [-0.25, -0.2) is 0 Å². The quantitative estimate of drug-likeness (QED) is 0.465. The number of hydrogen-bond donors (Lipinski definition) is 0. The first-order valence-electron chi connectivity index (χ1n) is 3.23. The second-order valence-corrected chi connectivity index (χ2v) is 3.42. The summed E-state index contributed by atoms with van der Waals surface area (Å²) < 4.78 is 36.0. The molecule has 3 aliphatic rings. The third-order valence-corrected chi connectivity index (χ3v) is 2.78. The second kappa shape index (κ2) is 2.49. The van der Waals surface area contributed by atoms with Gasteiger partial charge < -0.3 is 12.9 Å². The molecule has 0 heterocycles. The van der Waals surface area contributed by atoms with Crippen molar-refractivity contribution in [1.82, 2.24) is 0 Å². The van der Waals surface area contributed by atoms with Gasteiger partial charge in [-0.3, -0.25) is 0 Å². The maximum Gasteiger partial charge on any atom is 1.00 e. The monoisotopic (exact) mass is 174 g/mol. The van der Waals surface area contributed by atoms with Crippen LogP contribution >= 0.6 is 0 Å². The van der Waals surface area contributed by atoms with Crippen LogP contribution in [0.1, 0.15) is 19.3 Å². The molecule has 0 unspecified atom stereocenters. The fraction of sp³-hybridized carbons (Fsp3) is 1.00. The van der Waals surface area contributed by atoms with Gasteiger partial charge in [-0.2, -0.15) is 0 Å². The van der Waals surface area contributed by atoms with Crippen LogP contribution in [0.4, 0.5) is 12.9 Å². The topological polar surface area (TPSA) is 0 Å². The first kappa shape index (κ1) is 9.58. The average Bonchev–Trinajstić information content (AvgIpc) is 1.08. The van der Waals surface area contributed by atoms with Crippen molar-refractivity contribution in [3.63, 3.8) is 0 Å². The summed E-state index contributed by atoms with van der Waals surface area (Å²) in [6.07, 6.45) is 1.32. The van der Waals surface area contributed by atoms with Gasteiger partial charge >= 0.3 is 58.4 Å². The molecule has 0 aromatic heterocycles. The van der Waals surface area contributed by atoms with Crippen LogP contribution in [0.25, 0.3) is 0 Å². The number of hydrogen-bond acceptors (Lipinski definition) is 0. The molecule has 0 radical (unpaired) electrons. The van der Waals surface area contributed by atoms with Crippen molar-refractivity contribution < 1.29 is 64.3 Å². The molecule has 0 N–H and O–H groups in total. The van der Waals surface area contributed by atoms with E-state index in [9.17, 15) is 12.9 Å². The Labute approximate surface area is 100 Å². The minimum atomic E-state index is -4.50. The van der Waals surface area contributed by atoms with E-state index in [1.54, 1.807) is 0 Å². The standard InChI is InChI=1S/C5H7BF3.K/c7-6(8,9)5-1-4(2-5)3-5;/h4H,1-3H2;/q-1;+1. The predicted molar refractivity (Wildman–Crippen MR) is 29.1 cm³/mol. The number of rotatable bonds is 1. The molecule has 3 fully saturated rings. The molecule has 52 valence electrons. The Kier molecular flexibility index (Phi) is 2.38. The molecule has 5 heteroatoms. The molecule has 3 rings (SSSR count). The van der Waals surface area contributed by atoms with Crippen LogP contribution < -0.4 is 51.4 Å². The van der Waals surface area contributed by atoms with Crippen LogP contribution in [-0.4, -0.2) is 6.98 Å². The van der Waals surface area contributed by atoms with E-state index >= 15 is 0 Å². The summed E-state index contributed by atoms with van der Waals surface area (Å²) in [6.45, 7) is -4.50. The molecule has 3 saturated carbocycles. The normalized spacial score (nSPS) is 42.9. The van der Waals surface area contributed by atoms with Crippen LogP contribution in [0.3, 0.4) is 0 Å². The van der Waals surface area contributed by atoms with E-state index in [0.29, 0.717) is 25.2 Å². The van der Waals surface area contributed by atoms with Crippen LogP contribution in [0.2, 0.25) is 5.31 Å². The van der Waals surface area contributed by atoms with Crippen molar-refractivity contribution in [2.45, 2.75) is 24.6 Å². The minimum absolute atomic E-state index is 0. The Bertz CT molecular complexity index is 138. The van der Waals surface area contributed by atoms with Crippen molar-refractivity contribution in [2.24, 2.45) is 5.92 Å². The zero-order valence-electron chi connectivity index (χ0n) is 5.91. The zero-order chi connectivity index (χ0) is 6.70.